The topological polar surface area (TPSA) is 18.5 Å². The Morgan fingerprint density at radius 2 is 1.95 bits per heavy atom. The molecule has 2 heterocycles. The van der Waals surface area contributed by atoms with Crippen LogP contribution in [-0.2, 0) is 4.74 Å². The number of hydrogen-bond acceptors (Lipinski definition) is 2. The van der Waals surface area contributed by atoms with Gasteiger partial charge in [0, 0.05) is 0 Å². The van der Waals surface area contributed by atoms with Gasteiger partial charge in [-0.3, -0.25) is 0 Å². The molecule has 0 spiro atoms. The summed E-state index contributed by atoms with van der Waals surface area (Å²) < 4.78 is 12.6. The van der Waals surface area contributed by atoms with Gasteiger partial charge < -0.3 is 9.47 Å². The Hall–Kier alpha value is -1.28. The number of para-hydroxylation sites is 1. The predicted octanol–water partition coefficient (Wildman–Crippen LogP) is 3.97. The van der Waals surface area contributed by atoms with E-state index in [1.807, 2.05) is 30.3 Å². The largest absolute Gasteiger partial charge is 0.483 e. The molecule has 2 aliphatic rings. The van der Waals surface area contributed by atoms with Crippen molar-refractivity contribution in [3.8, 4) is 5.75 Å². The van der Waals surface area contributed by atoms with Crippen LogP contribution in [0.1, 0.15) is 33.6 Å². The summed E-state index contributed by atoms with van der Waals surface area (Å²) in [6.07, 6.45) is 2.07. The Labute approximate surface area is 115 Å². The highest BCUT2D eigenvalue weighted by Gasteiger charge is 2.63. The van der Waals surface area contributed by atoms with Crippen LogP contribution in [-0.4, -0.2) is 17.3 Å². The Morgan fingerprint density at radius 3 is 2.53 bits per heavy atom. The first-order chi connectivity index (χ1) is 8.98. The summed E-state index contributed by atoms with van der Waals surface area (Å²) in [5.74, 6) is 1.33. The fourth-order valence-corrected chi connectivity index (χ4v) is 3.56. The van der Waals surface area contributed by atoms with Gasteiger partial charge in [0.2, 0.25) is 0 Å². The second-order valence-electron chi connectivity index (χ2n) is 6.30. The molecular weight excluding hydrogens is 236 g/mol. The lowest BCUT2D eigenvalue weighted by Gasteiger charge is -2.34. The summed E-state index contributed by atoms with van der Waals surface area (Å²) in [5, 5.41) is 0. The molecule has 0 amide bonds. The molecular formula is C17H22O2. The molecule has 0 saturated carbocycles. The monoisotopic (exact) mass is 258 g/mol. The fraction of sp³-hybridized carbons (Fsp3) is 0.529. The molecule has 1 aromatic carbocycles. The van der Waals surface area contributed by atoms with Crippen LogP contribution in [0.5, 0.6) is 5.75 Å². The second kappa shape index (κ2) is 4.11. The van der Waals surface area contributed by atoms with Gasteiger partial charge in [0.25, 0.3) is 0 Å². The van der Waals surface area contributed by atoms with Gasteiger partial charge in [-0.05, 0) is 43.4 Å². The van der Waals surface area contributed by atoms with Crippen molar-refractivity contribution < 1.29 is 9.47 Å². The number of ether oxygens (including phenoxy) is 2. The molecule has 2 nitrogen and oxygen atoms in total. The van der Waals surface area contributed by atoms with E-state index in [1.54, 1.807) is 0 Å². The molecule has 0 N–H and O–H groups in total. The quantitative estimate of drug-likeness (QED) is 0.764. The summed E-state index contributed by atoms with van der Waals surface area (Å²) in [6.45, 7) is 10.9. The third kappa shape index (κ3) is 1.73. The van der Waals surface area contributed by atoms with E-state index in [2.05, 4.69) is 27.4 Å². The molecule has 1 aromatic rings. The zero-order valence-electron chi connectivity index (χ0n) is 12.0. The van der Waals surface area contributed by atoms with E-state index in [0.717, 1.165) is 24.2 Å². The average molecular weight is 258 g/mol. The van der Waals surface area contributed by atoms with Crippen molar-refractivity contribution in [2.75, 3.05) is 0 Å². The van der Waals surface area contributed by atoms with E-state index >= 15 is 0 Å². The molecule has 2 heteroatoms. The minimum atomic E-state index is -0.225. The maximum atomic E-state index is 6.38. The van der Waals surface area contributed by atoms with Gasteiger partial charge in [-0.1, -0.05) is 38.6 Å². The molecule has 0 aliphatic carbocycles. The van der Waals surface area contributed by atoms with Gasteiger partial charge >= 0.3 is 0 Å². The van der Waals surface area contributed by atoms with Crippen LogP contribution in [0.2, 0.25) is 0 Å². The highest BCUT2D eigenvalue weighted by Crippen LogP contribution is 2.57. The normalized spacial score (nSPS) is 37.1. The molecule has 2 fully saturated rings. The van der Waals surface area contributed by atoms with E-state index in [-0.39, 0.29) is 17.3 Å². The summed E-state index contributed by atoms with van der Waals surface area (Å²) in [6, 6.07) is 9.96. The predicted molar refractivity (Wildman–Crippen MR) is 76.3 cm³/mol. The van der Waals surface area contributed by atoms with Gasteiger partial charge in [-0.15, -0.1) is 0 Å². The first-order valence-electron chi connectivity index (χ1n) is 7.09. The van der Waals surface area contributed by atoms with Crippen LogP contribution in [0, 0.1) is 5.92 Å². The first kappa shape index (κ1) is 12.7. The zero-order valence-corrected chi connectivity index (χ0v) is 12.0. The van der Waals surface area contributed by atoms with Crippen molar-refractivity contribution >= 4 is 0 Å². The highest BCUT2D eigenvalue weighted by molar-refractivity contribution is 5.36. The average Bonchev–Trinajstić information content (AvgIpc) is 2.85. The lowest BCUT2D eigenvalue weighted by atomic mass is 9.72. The standard InChI is InChI=1S/C17H22O2/c1-12(2)17-11-10-16(4,19-17)15(13(17)3)18-14-8-6-5-7-9-14/h5-9,12,15H,3,10-11H2,1-2,4H3/t15-,16+,17+/m1/s1. The van der Waals surface area contributed by atoms with Gasteiger partial charge in [0.15, 0.2) is 6.10 Å². The second-order valence-corrected chi connectivity index (χ2v) is 6.30. The molecule has 0 unspecified atom stereocenters. The maximum Gasteiger partial charge on any atom is 0.151 e. The lowest BCUT2D eigenvalue weighted by Crippen LogP contribution is -2.42. The van der Waals surface area contributed by atoms with Crippen LogP contribution >= 0.6 is 0 Å². The molecule has 3 atom stereocenters. The molecule has 19 heavy (non-hydrogen) atoms. The number of fused-ring (bicyclic) bond motifs is 2. The fourth-order valence-electron chi connectivity index (χ4n) is 3.56. The van der Waals surface area contributed by atoms with E-state index in [1.165, 1.54) is 0 Å². The van der Waals surface area contributed by atoms with Crippen LogP contribution in [0.15, 0.2) is 42.5 Å². The van der Waals surface area contributed by atoms with Crippen molar-refractivity contribution in [2.24, 2.45) is 5.92 Å². The van der Waals surface area contributed by atoms with Crippen molar-refractivity contribution in [1.29, 1.82) is 0 Å². The molecule has 2 bridgehead atoms. The zero-order chi connectivity index (χ0) is 13.7. The van der Waals surface area contributed by atoms with E-state index in [4.69, 9.17) is 9.47 Å². The van der Waals surface area contributed by atoms with Crippen LogP contribution in [0.4, 0.5) is 0 Å². The Bertz CT molecular complexity index is 493. The van der Waals surface area contributed by atoms with Gasteiger partial charge in [-0.25, -0.2) is 0 Å². The summed E-state index contributed by atoms with van der Waals surface area (Å²) in [7, 11) is 0. The van der Waals surface area contributed by atoms with E-state index < -0.39 is 0 Å². The minimum absolute atomic E-state index is 0.0361. The highest BCUT2D eigenvalue weighted by atomic mass is 16.6. The molecule has 2 aliphatic heterocycles. The Balaban J connectivity index is 1.90. The van der Waals surface area contributed by atoms with Crippen molar-refractivity contribution in [3.63, 3.8) is 0 Å². The van der Waals surface area contributed by atoms with Gasteiger partial charge in [-0.2, -0.15) is 0 Å². The molecule has 102 valence electrons. The third-order valence-electron chi connectivity index (χ3n) is 4.75. The van der Waals surface area contributed by atoms with Crippen LogP contribution in [0.25, 0.3) is 0 Å². The van der Waals surface area contributed by atoms with Crippen molar-refractivity contribution in [2.45, 2.75) is 50.9 Å². The van der Waals surface area contributed by atoms with E-state index in [9.17, 15) is 0 Å². The smallest absolute Gasteiger partial charge is 0.151 e. The summed E-state index contributed by atoms with van der Waals surface area (Å²) >= 11 is 0. The summed E-state index contributed by atoms with van der Waals surface area (Å²) in [4.78, 5) is 0. The Morgan fingerprint density at radius 1 is 1.26 bits per heavy atom. The SMILES string of the molecule is C=C1[C@@H](Oc2ccccc2)[C@]2(C)CC[C@@]1(C(C)C)O2. The Kier molecular flexibility index (Phi) is 2.75. The minimum Gasteiger partial charge on any atom is -0.483 e. The third-order valence-corrected chi connectivity index (χ3v) is 4.75. The summed E-state index contributed by atoms with van der Waals surface area (Å²) in [5.41, 5.74) is 0.700. The molecule has 0 radical (unpaired) electrons. The van der Waals surface area contributed by atoms with Crippen molar-refractivity contribution in [3.05, 3.63) is 42.5 Å². The van der Waals surface area contributed by atoms with Crippen molar-refractivity contribution in [1.82, 2.24) is 0 Å². The van der Waals surface area contributed by atoms with Crippen LogP contribution in [0.3, 0.4) is 0 Å². The number of rotatable bonds is 3. The maximum absolute atomic E-state index is 6.38. The first-order valence-corrected chi connectivity index (χ1v) is 7.09. The lowest BCUT2D eigenvalue weighted by molar-refractivity contribution is -0.0737. The number of hydrogen-bond donors (Lipinski definition) is 0. The van der Waals surface area contributed by atoms with Crippen LogP contribution < -0.4 is 4.74 Å². The molecule has 0 aromatic heterocycles. The molecule has 3 rings (SSSR count). The van der Waals surface area contributed by atoms with Gasteiger partial charge in [0.05, 0.1) is 5.60 Å². The van der Waals surface area contributed by atoms with E-state index in [0.29, 0.717) is 5.92 Å². The van der Waals surface area contributed by atoms with Gasteiger partial charge in [0.1, 0.15) is 11.4 Å². The molecule has 2 saturated heterocycles. The number of benzene rings is 1.